The van der Waals surface area contributed by atoms with E-state index in [1.165, 1.54) is 0 Å². The van der Waals surface area contributed by atoms with E-state index in [0.717, 1.165) is 26.2 Å². The minimum absolute atomic E-state index is 0.520. The van der Waals surface area contributed by atoms with Gasteiger partial charge in [-0.2, -0.15) is 0 Å². The highest BCUT2D eigenvalue weighted by atomic mass is 16.3. The number of nitrogens with zero attached hydrogens (tertiary/aromatic N) is 2. The molecule has 1 heterocycles. The van der Waals surface area contributed by atoms with E-state index in [4.69, 9.17) is 5.11 Å². The second-order valence-corrected chi connectivity index (χ2v) is 2.82. The minimum Gasteiger partial charge on any atom is -0.378 e. The van der Waals surface area contributed by atoms with Crippen LogP contribution in [0.1, 0.15) is 0 Å². The lowest BCUT2D eigenvalue weighted by molar-refractivity contribution is 0.00905. The van der Waals surface area contributed by atoms with E-state index in [9.17, 15) is 0 Å². The summed E-state index contributed by atoms with van der Waals surface area (Å²) in [5, 5.41) is 9.06. The number of hydrogen-bond acceptors (Lipinski definition) is 3. The molecule has 3 heteroatoms. The molecule has 0 saturated carbocycles. The Hall–Kier alpha value is -0.120. The van der Waals surface area contributed by atoms with Crippen molar-refractivity contribution in [1.29, 1.82) is 0 Å². The predicted octanol–water partition coefficient (Wildman–Crippen LogP) is -0.614. The highest BCUT2D eigenvalue weighted by Gasteiger charge is 2.16. The zero-order valence-corrected chi connectivity index (χ0v) is 6.45. The summed E-state index contributed by atoms with van der Waals surface area (Å²) in [6, 6.07) is 0. The number of piperazine rings is 1. The molecule has 0 aromatic carbocycles. The van der Waals surface area contributed by atoms with E-state index in [0.29, 0.717) is 0 Å². The molecule has 0 bridgehead atoms. The van der Waals surface area contributed by atoms with Gasteiger partial charge < -0.3 is 10.0 Å². The molecule has 1 fully saturated rings. The van der Waals surface area contributed by atoms with Gasteiger partial charge in [0, 0.05) is 26.2 Å². The molecule has 59 valence electrons. The lowest BCUT2D eigenvalue weighted by Crippen LogP contribution is -2.48. The third-order valence-corrected chi connectivity index (χ3v) is 1.96. The van der Waals surface area contributed by atoms with Gasteiger partial charge in [0.15, 0.2) is 0 Å². The van der Waals surface area contributed by atoms with Crippen molar-refractivity contribution in [2.24, 2.45) is 0 Å². The quantitative estimate of drug-likeness (QED) is 0.530. The SMILES string of the molecule is [CH2]C(O)N1CCN(C)CC1. The Morgan fingerprint density at radius 2 is 1.80 bits per heavy atom. The largest absolute Gasteiger partial charge is 0.378 e. The van der Waals surface area contributed by atoms with Crippen molar-refractivity contribution in [3.05, 3.63) is 6.92 Å². The van der Waals surface area contributed by atoms with Crippen molar-refractivity contribution in [3.63, 3.8) is 0 Å². The van der Waals surface area contributed by atoms with Gasteiger partial charge in [0.1, 0.15) is 6.23 Å². The monoisotopic (exact) mass is 143 g/mol. The van der Waals surface area contributed by atoms with Crippen LogP contribution in [-0.2, 0) is 0 Å². The van der Waals surface area contributed by atoms with Crippen molar-refractivity contribution in [2.45, 2.75) is 6.23 Å². The molecule has 1 atom stereocenters. The summed E-state index contributed by atoms with van der Waals surface area (Å²) in [5.74, 6) is 0. The van der Waals surface area contributed by atoms with Crippen molar-refractivity contribution in [2.75, 3.05) is 33.2 Å². The molecule has 3 nitrogen and oxygen atoms in total. The molecule has 1 aliphatic heterocycles. The fourth-order valence-corrected chi connectivity index (χ4v) is 1.12. The topological polar surface area (TPSA) is 26.7 Å². The van der Waals surface area contributed by atoms with Crippen molar-refractivity contribution >= 4 is 0 Å². The average molecular weight is 143 g/mol. The molecule has 1 rings (SSSR count). The summed E-state index contributed by atoms with van der Waals surface area (Å²) in [6.45, 7) is 7.48. The lowest BCUT2D eigenvalue weighted by atomic mass is 10.3. The first-order chi connectivity index (χ1) is 4.70. The molecule has 0 aromatic rings. The van der Waals surface area contributed by atoms with Crippen LogP contribution in [-0.4, -0.2) is 54.4 Å². The van der Waals surface area contributed by atoms with Crippen LogP contribution >= 0.6 is 0 Å². The van der Waals surface area contributed by atoms with Gasteiger partial charge in [0.05, 0.1) is 0 Å². The van der Waals surface area contributed by atoms with E-state index in [-0.39, 0.29) is 0 Å². The van der Waals surface area contributed by atoms with Gasteiger partial charge in [-0.25, -0.2) is 0 Å². The van der Waals surface area contributed by atoms with E-state index in [1.54, 1.807) is 0 Å². The van der Waals surface area contributed by atoms with E-state index < -0.39 is 6.23 Å². The predicted molar refractivity (Wildman–Crippen MR) is 40.4 cm³/mol. The van der Waals surface area contributed by atoms with Crippen LogP contribution in [0.15, 0.2) is 0 Å². The highest BCUT2D eigenvalue weighted by Crippen LogP contribution is 2.01. The smallest absolute Gasteiger partial charge is 0.107 e. The number of aliphatic hydroxyl groups is 1. The molecule has 1 aliphatic rings. The van der Waals surface area contributed by atoms with Gasteiger partial charge in [0.2, 0.25) is 0 Å². The molecule has 1 unspecified atom stereocenters. The summed E-state index contributed by atoms with van der Waals surface area (Å²) in [6.07, 6.45) is -0.520. The molecule has 10 heavy (non-hydrogen) atoms. The Labute approximate surface area is 62.2 Å². The molecule has 0 amide bonds. The van der Waals surface area contributed by atoms with E-state index >= 15 is 0 Å². The second-order valence-electron chi connectivity index (χ2n) is 2.82. The fraction of sp³-hybridized carbons (Fsp3) is 0.857. The maximum atomic E-state index is 9.06. The van der Waals surface area contributed by atoms with Crippen LogP contribution in [0.2, 0.25) is 0 Å². The Morgan fingerprint density at radius 3 is 2.20 bits per heavy atom. The molecule has 0 aromatic heterocycles. The number of hydrogen-bond donors (Lipinski definition) is 1. The Morgan fingerprint density at radius 1 is 1.30 bits per heavy atom. The maximum absolute atomic E-state index is 9.06. The van der Waals surface area contributed by atoms with Gasteiger partial charge in [-0.15, -0.1) is 0 Å². The van der Waals surface area contributed by atoms with E-state index in [2.05, 4.69) is 18.9 Å². The van der Waals surface area contributed by atoms with Gasteiger partial charge in [-0.1, -0.05) is 0 Å². The van der Waals surface area contributed by atoms with Crippen LogP contribution < -0.4 is 0 Å². The zero-order chi connectivity index (χ0) is 7.56. The summed E-state index contributed by atoms with van der Waals surface area (Å²) < 4.78 is 0. The maximum Gasteiger partial charge on any atom is 0.107 e. The lowest BCUT2D eigenvalue weighted by Gasteiger charge is -2.33. The Bertz CT molecular complexity index is 97.8. The summed E-state index contributed by atoms with van der Waals surface area (Å²) in [4.78, 5) is 4.22. The second kappa shape index (κ2) is 3.32. The molecule has 0 spiro atoms. The number of aliphatic hydroxyl groups excluding tert-OH is 1. The van der Waals surface area contributed by atoms with Gasteiger partial charge in [-0.05, 0) is 14.0 Å². The molecular weight excluding hydrogens is 128 g/mol. The van der Waals surface area contributed by atoms with Crippen molar-refractivity contribution in [3.8, 4) is 0 Å². The van der Waals surface area contributed by atoms with Gasteiger partial charge in [0.25, 0.3) is 0 Å². The average Bonchev–Trinajstić information content (AvgIpc) is 1.88. The van der Waals surface area contributed by atoms with Crippen LogP contribution in [0, 0.1) is 6.92 Å². The summed E-state index contributed by atoms with van der Waals surface area (Å²) in [5.41, 5.74) is 0. The van der Waals surface area contributed by atoms with Crippen molar-refractivity contribution < 1.29 is 5.11 Å². The highest BCUT2D eigenvalue weighted by molar-refractivity contribution is 4.71. The normalized spacial score (nSPS) is 26.7. The third kappa shape index (κ3) is 1.94. The zero-order valence-electron chi connectivity index (χ0n) is 6.45. The standard InChI is InChI=1S/C7H15N2O/c1-7(10)9-5-3-8(2)4-6-9/h7,10H,1,3-6H2,2H3. The first kappa shape index (κ1) is 7.98. The Balaban J connectivity index is 2.26. The first-order valence-corrected chi connectivity index (χ1v) is 3.64. The third-order valence-electron chi connectivity index (χ3n) is 1.96. The first-order valence-electron chi connectivity index (χ1n) is 3.64. The van der Waals surface area contributed by atoms with Gasteiger partial charge in [-0.3, -0.25) is 4.90 Å². The fourth-order valence-electron chi connectivity index (χ4n) is 1.12. The number of rotatable bonds is 1. The number of likely N-dealkylation sites (N-methyl/N-ethyl adjacent to an activating group) is 1. The minimum atomic E-state index is -0.520. The van der Waals surface area contributed by atoms with Crippen LogP contribution in [0.25, 0.3) is 0 Å². The Kier molecular flexibility index (Phi) is 2.65. The molecular formula is C7H15N2O. The summed E-state index contributed by atoms with van der Waals surface area (Å²) >= 11 is 0. The van der Waals surface area contributed by atoms with Crippen LogP contribution in [0.4, 0.5) is 0 Å². The van der Waals surface area contributed by atoms with Gasteiger partial charge >= 0.3 is 0 Å². The molecule has 1 saturated heterocycles. The molecule has 1 radical (unpaired) electrons. The molecule has 1 N–H and O–H groups in total. The summed E-state index contributed by atoms with van der Waals surface area (Å²) in [7, 11) is 2.09. The van der Waals surface area contributed by atoms with Crippen LogP contribution in [0.5, 0.6) is 0 Å². The van der Waals surface area contributed by atoms with Crippen molar-refractivity contribution in [1.82, 2.24) is 9.80 Å². The van der Waals surface area contributed by atoms with E-state index in [1.807, 2.05) is 4.90 Å². The van der Waals surface area contributed by atoms with Crippen LogP contribution in [0.3, 0.4) is 0 Å². The molecule has 0 aliphatic carbocycles.